The Kier molecular flexibility index (Phi) is 4.19. The Bertz CT molecular complexity index is 1200. The van der Waals surface area contributed by atoms with Crippen molar-refractivity contribution in [3.63, 3.8) is 0 Å². The van der Waals surface area contributed by atoms with Gasteiger partial charge in [0.25, 0.3) is 5.91 Å². The quantitative estimate of drug-likeness (QED) is 0.511. The monoisotopic (exact) mass is 387 g/mol. The molecular formula is C24H25N3O2. The number of nitrogens with zero attached hydrogens (tertiary/aromatic N) is 2. The first-order chi connectivity index (χ1) is 14.0. The van der Waals surface area contributed by atoms with Gasteiger partial charge in [-0.05, 0) is 69.0 Å². The van der Waals surface area contributed by atoms with E-state index < -0.39 is 0 Å². The zero-order chi connectivity index (χ0) is 20.1. The molecule has 5 nitrogen and oxygen atoms in total. The zero-order valence-corrected chi connectivity index (χ0v) is 17.1. The molecule has 2 aromatic heterocycles. The highest BCUT2D eigenvalue weighted by atomic mass is 16.3. The van der Waals surface area contributed by atoms with E-state index in [0.29, 0.717) is 12.3 Å². The molecule has 0 bridgehead atoms. The third kappa shape index (κ3) is 3.01. The molecule has 29 heavy (non-hydrogen) atoms. The second-order valence-corrected chi connectivity index (χ2v) is 8.22. The predicted octanol–water partition coefficient (Wildman–Crippen LogP) is 5.25. The molecule has 0 radical (unpaired) electrons. The molecule has 3 heterocycles. The van der Waals surface area contributed by atoms with E-state index in [1.807, 2.05) is 42.2 Å². The van der Waals surface area contributed by atoms with Crippen molar-refractivity contribution in [2.24, 2.45) is 0 Å². The van der Waals surface area contributed by atoms with Gasteiger partial charge in [-0.25, -0.2) is 4.98 Å². The standard InChI is InChI=1S/C24H25N3O2/c1-14-11-18-16(3)22(29-21(18)12-15(14)2)24(28)27-10-6-7-17(13-27)23-25-19-8-4-5-9-20(19)26-23/h4-5,8-9,11-12,17H,6-7,10,13H2,1-3H3,(H,25,26)/t17-/m0/s1. The molecule has 148 valence electrons. The van der Waals surface area contributed by atoms with Crippen molar-refractivity contribution in [3.05, 3.63) is 64.7 Å². The summed E-state index contributed by atoms with van der Waals surface area (Å²) in [5.74, 6) is 1.63. The molecule has 5 heteroatoms. The second-order valence-electron chi connectivity index (χ2n) is 8.22. The van der Waals surface area contributed by atoms with Crippen molar-refractivity contribution in [2.75, 3.05) is 13.1 Å². The summed E-state index contributed by atoms with van der Waals surface area (Å²) in [6.07, 6.45) is 1.99. The summed E-state index contributed by atoms with van der Waals surface area (Å²) in [7, 11) is 0. The van der Waals surface area contributed by atoms with E-state index in [2.05, 4.69) is 24.9 Å². The van der Waals surface area contributed by atoms with Crippen LogP contribution in [0.25, 0.3) is 22.0 Å². The van der Waals surface area contributed by atoms with Crippen LogP contribution in [0, 0.1) is 20.8 Å². The van der Waals surface area contributed by atoms with Crippen LogP contribution in [0.4, 0.5) is 0 Å². The van der Waals surface area contributed by atoms with Gasteiger partial charge in [0.1, 0.15) is 11.4 Å². The number of piperidine rings is 1. The average molecular weight is 387 g/mol. The van der Waals surface area contributed by atoms with Crippen molar-refractivity contribution < 1.29 is 9.21 Å². The van der Waals surface area contributed by atoms with Crippen molar-refractivity contribution in [2.45, 2.75) is 39.5 Å². The van der Waals surface area contributed by atoms with E-state index >= 15 is 0 Å². The number of aromatic amines is 1. The predicted molar refractivity (Wildman–Crippen MR) is 114 cm³/mol. The number of carbonyl (C=O) groups excluding carboxylic acids is 1. The first-order valence-corrected chi connectivity index (χ1v) is 10.3. The van der Waals surface area contributed by atoms with Gasteiger partial charge in [-0.15, -0.1) is 0 Å². The molecule has 1 fully saturated rings. The minimum Gasteiger partial charge on any atom is -0.451 e. The van der Waals surface area contributed by atoms with Crippen molar-refractivity contribution >= 4 is 27.9 Å². The Balaban J connectivity index is 1.44. The third-order valence-corrected chi connectivity index (χ3v) is 6.25. The molecule has 2 aromatic carbocycles. The van der Waals surface area contributed by atoms with Gasteiger partial charge in [0.05, 0.1) is 11.0 Å². The zero-order valence-electron chi connectivity index (χ0n) is 17.1. The number of rotatable bonds is 2. The molecule has 1 atom stereocenters. The molecule has 1 aliphatic rings. The van der Waals surface area contributed by atoms with Gasteiger partial charge in [-0.3, -0.25) is 4.79 Å². The van der Waals surface area contributed by atoms with Crippen LogP contribution in [-0.4, -0.2) is 33.9 Å². The number of para-hydroxylation sites is 2. The summed E-state index contributed by atoms with van der Waals surface area (Å²) < 4.78 is 6.02. The molecule has 1 N–H and O–H groups in total. The van der Waals surface area contributed by atoms with Gasteiger partial charge in [0.15, 0.2) is 5.76 Å². The lowest BCUT2D eigenvalue weighted by atomic mass is 9.97. The van der Waals surface area contributed by atoms with Gasteiger partial charge in [0.2, 0.25) is 0 Å². The maximum absolute atomic E-state index is 13.3. The number of benzene rings is 2. The minimum absolute atomic E-state index is 0.0187. The molecule has 4 aromatic rings. The van der Waals surface area contributed by atoms with Gasteiger partial charge < -0.3 is 14.3 Å². The maximum atomic E-state index is 13.3. The van der Waals surface area contributed by atoms with Crippen LogP contribution < -0.4 is 0 Å². The van der Waals surface area contributed by atoms with E-state index in [1.165, 1.54) is 11.1 Å². The SMILES string of the molecule is Cc1cc2oc(C(=O)N3CCC[C@H](c4nc5ccccc5[nH]4)C3)c(C)c2cc1C. The average Bonchev–Trinajstić information content (AvgIpc) is 3.30. The number of nitrogens with one attached hydrogen (secondary N) is 1. The van der Waals surface area contributed by atoms with Crippen LogP contribution in [-0.2, 0) is 0 Å². The Morgan fingerprint density at radius 1 is 1.17 bits per heavy atom. The summed E-state index contributed by atoms with van der Waals surface area (Å²) in [4.78, 5) is 23.4. The van der Waals surface area contributed by atoms with Crippen LogP contribution in [0.5, 0.6) is 0 Å². The summed E-state index contributed by atoms with van der Waals surface area (Å²) in [6.45, 7) is 7.55. The molecule has 0 unspecified atom stereocenters. The number of furan rings is 1. The van der Waals surface area contributed by atoms with Crippen LogP contribution in [0.15, 0.2) is 40.8 Å². The van der Waals surface area contributed by atoms with Crippen molar-refractivity contribution in [1.29, 1.82) is 0 Å². The maximum Gasteiger partial charge on any atom is 0.289 e. The Labute approximate surface area is 169 Å². The summed E-state index contributed by atoms with van der Waals surface area (Å²) >= 11 is 0. The minimum atomic E-state index is -0.0187. The van der Waals surface area contributed by atoms with Gasteiger partial charge >= 0.3 is 0 Å². The summed E-state index contributed by atoms with van der Waals surface area (Å²) in [6, 6.07) is 12.2. The Morgan fingerprint density at radius 2 is 1.97 bits per heavy atom. The highest BCUT2D eigenvalue weighted by molar-refractivity contribution is 5.99. The fourth-order valence-electron chi connectivity index (χ4n) is 4.37. The van der Waals surface area contributed by atoms with Gasteiger partial charge in [0, 0.05) is 30.0 Å². The molecular weight excluding hydrogens is 362 g/mol. The lowest BCUT2D eigenvalue weighted by Crippen LogP contribution is -2.39. The van der Waals surface area contributed by atoms with Crippen LogP contribution >= 0.6 is 0 Å². The lowest BCUT2D eigenvalue weighted by Gasteiger charge is -2.31. The van der Waals surface area contributed by atoms with Gasteiger partial charge in [-0.2, -0.15) is 0 Å². The number of hydrogen-bond acceptors (Lipinski definition) is 3. The summed E-state index contributed by atoms with van der Waals surface area (Å²) in [5, 5.41) is 1.03. The number of fused-ring (bicyclic) bond motifs is 2. The van der Waals surface area contributed by atoms with E-state index in [9.17, 15) is 4.79 Å². The number of imidazole rings is 1. The molecule has 1 saturated heterocycles. The third-order valence-electron chi connectivity index (χ3n) is 6.25. The van der Waals surface area contributed by atoms with Gasteiger partial charge in [-0.1, -0.05) is 12.1 Å². The molecule has 1 aliphatic heterocycles. The van der Waals surface area contributed by atoms with Crippen LogP contribution in [0.3, 0.4) is 0 Å². The number of likely N-dealkylation sites (tertiary alicyclic amines) is 1. The smallest absolute Gasteiger partial charge is 0.289 e. The highest BCUT2D eigenvalue weighted by Crippen LogP contribution is 2.31. The lowest BCUT2D eigenvalue weighted by molar-refractivity contribution is 0.0674. The van der Waals surface area contributed by atoms with Crippen molar-refractivity contribution in [3.8, 4) is 0 Å². The number of carbonyl (C=O) groups is 1. The fraction of sp³-hybridized carbons (Fsp3) is 0.333. The fourth-order valence-corrected chi connectivity index (χ4v) is 4.37. The number of hydrogen-bond donors (Lipinski definition) is 1. The topological polar surface area (TPSA) is 62.1 Å². The van der Waals surface area contributed by atoms with E-state index in [1.54, 1.807) is 0 Å². The largest absolute Gasteiger partial charge is 0.451 e. The molecule has 0 aliphatic carbocycles. The number of H-pyrrole nitrogens is 1. The molecule has 0 spiro atoms. The van der Waals surface area contributed by atoms with Crippen LogP contribution in [0.1, 0.15) is 51.8 Å². The van der Waals surface area contributed by atoms with E-state index in [-0.39, 0.29) is 11.8 Å². The van der Waals surface area contributed by atoms with Crippen LogP contribution in [0.2, 0.25) is 0 Å². The Hall–Kier alpha value is -3.08. The summed E-state index contributed by atoms with van der Waals surface area (Å²) in [5.41, 5.74) is 6.13. The highest BCUT2D eigenvalue weighted by Gasteiger charge is 2.30. The van der Waals surface area contributed by atoms with Crippen molar-refractivity contribution in [1.82, 2.24) is 14.9 Å². The molecule has 5 rings (SSSR count). The second kappa shape index (κ2) is 6.76. The van der Waals surface area contributed by atoms with E-state index in [0.717, 1.165) is 52.8 Å². The normalized spacial score (nSPS) is 17.3. The van der Waals surface area contributed by atoms with E-state index in [4.69, 9.17) is 9.40 Å². The molecule has 1 amide bonds. The number of aryl methyl sites for hydroxylation is 3. The number of amides is 1. The first kappa shape index (κ1) is 18.0. The first-order valence-electron chi connectivity index (χ1n) is 10.3. The Morgan fingerprint density at radius 3 is 2.79 bits per heavy atom. The number of aromatic nitrogens is 2. The molecule has 0 saturated carbocycles.